The molecule has 140 valence electrons. The zero-order valence-electron chi connectivity index (χ0n) is 16.5. The topological polar surface area (TPSA) is 67.6 Å². The van der Waals surface area contributed by atoms with E-state index in [1.165, 1.54) is 5.56 Å². The Kier molecular flexibility index (Phi) is 5.86. The van der Waals surface area contributed by atoms with Crippen LogP contribution in [0.15, 0.2) is 12.1 Å². The maximum Gasteiger partial charge on any atom is 0.410 e. The van der Waals surface area contributed by atoms with Gasteiger partial charge in [-0.15, -0.1) is 0 Å². The fourth-order valence-electron chi connectivity index (χ4n) is 3.35. The van der Waals surface area contributed by atoms with Crippen LogP contribution in [0.5, 0.6) is 0 Å². The Labute approximate surface area is 151 Å². The minimum atomic E-state index is -0.488. The summed E-state index contributed by atoms with van der Waals surface area (Å²) in [6.07, 6.45) is 1.63. The van der Waals surface area contributed by atoms with E-state index in [9.17, 15) is 4.79 Å². The van der Waals surface area contributed by atoms with Gasteiger partial charge in [-0.1, -0.05) is 13.8 Å². The van der Waals surface area contributed by atoms with Gasteiger partial charge < -0.3 is 20.7 Å². The smallest absolute Gasteiger partial charge is 0.410 e. The summed E-state index contributed by atoms with van der Waals surface area (Å²) < 4.78 is 5.50. The molecule has 0 aliphatic carbocycles. The maximum atomic E-state index is 12.4. The normalized spacial score (nSPS) is 15.7. The van der Waals surface area contributed by atoms with Crippen LogP contribution in [-0.4, -0.2) is 29.2 Å². The lowest BCUT2D eigenvalue weighted by atomic mass is 9.95. The molecular weight excluding hydrogens is 314 g/mol. The van der Waals surface area contributed by atoms with E-state index in [0.717, 1.165) is 29.8 Å². The standard InChI is InChI=1S/C20H33N3O2/c1-13(2)11-14(3)22-18-8-7-17(21)16-12-23(10-9-15(16)18)19(24)25-20(4,5)6/h7-8,13-14,22H,9-12,21H2,1-6H3. The number of benzene rings is 1. The second-order valence-electron chi connectivity index (χ2n) is 8.49. The van der Waals surface area contributed by atoms with E-state index in [-0.39, 0.29) is 6.09 Å². The van der Waals surface area contributed by atoms with Crippen LogP contribution < -0.4 is 11.1 Å². The fourth-order valence-corrected chi connectivity index (χ4v) is 3.35. The monoisotopic (exact) mass is 347 g/mol. The predicted octanol–water partition coefficient (Wildman–Crippen LogP) is 4.41. The molecule has 1 heterocycles. The second-order valence-corrected chi connectivity index (χ2v) is 8.49. The van der Waals surface area contributed by atoms with Crippen molar-refractivity contribution in [3.8, 4) is 0 Å². The van der Waals surface area contributed by atoms with Gasteiger partial charge in [0.1, 0.15) is 5.60 Å². The number of nitrogens with one attached hydrogen (secondary N) is 1. The molecule has 0 fully saturated rings. The highest BCUT2D eigenvalue weighted by Gasteiger charge is 2.28. The largest absolute Gasteiger partial charge is 0.444 e. The van der Waals surface area contributed by atoms with E-state index in [4.69, 9.17) is 10.5 Å². The van der Waals surface area contributed by atoms with Crippen LogP contribution in [0, 0.1) is 5.92 Å². The molecule has 25 heavy (non-hydrogen) atoms. The van der Waals surface area contributed by atoms with Crippen molar-refractivity contribution in [1.82, 2.24) is 4.90 Å². The van der Waals surface area contributed by atoms with Gasteiger partial charge in [0.2, 0.25) is 0 Å². The minimum Gasteiger partial charge on any atom is -0.444 e. The van der Waals surface area contributed by atoms with Gasteiger partial charge in [-0.3, -0.25) is 0 Å². The van der Waals surface area contributed by atoms with Crippen LogP contribution in [0.4, 0.5) is 16.2 Å². The van der Waals surface area contributed by atoms with Gasteiger partial charge in [0.15, 0.2) is 0 Å². The number of nitrogen functional groups attached to an aromatic ring is 1. The van der Waals surface area contributed by atoms with E-state index in [1.54, 1.807) is 4.90 Å². The number of ether oxygens (including phenoxy) is 1. The molecule has 1 aromatic rings. The Balaban J connectivity index is 2.16. The third-order valence-corrected chi connectivity index (χ3v) is 4.33. The Hall–Kier alpha value is -1.91. The summed E-state index contributed by atoms with van der Waals surface area (Å²) in [6, 6.07) is 4.40. The summed E-state index contributed by atoms with van der Waals surface area (Å²) in [7, 11) is 0. The molecule has 5 heteroatoms. The summed E-state index contributed by atoms with van der Waals surface area (Å²) >= 11 is 0. The first-order valence-corrected chi connectivity index (χ1v) is 9.21. The van der Waals surface area contributed by atoms with Crippen LogP contribution in [-0.2, 0) is 17.7 Å². The molecule has 2 rings (SSSR count). The molecule has 0 saturated heterocycles. The number of amides is 1. The zero-order valence-corrected chi connectivity index (χ0v) is 16.5. The van der Waals surface area contributed by atoms with Gasteiger partial charge in [0.25, 0.3) is 0 Å². The average molecular weight is 348 g/mol. The van der Waals surface area contributed by atoms with Gasteiger partial charge in [0.05, 0.1) is 6.54 Å². The summed E-state index contributed by atoms with van der Waals surface area (Å²) in [5, 5.41) is 3.62. The highest BCUT2D eigenvalue weighted by atomic mass is 16.6. The van der Waals surface area contributed by atoms with Crippen LogP contribution in [0.2, 0.25) is 0 Å². The number of hydrogen-bond acceptors (Lipinski definition) is 4. The van der Waals surface area contributed by atoms with Crippen LogP contribution in [0.1, 0.15) is 59.1 Å². The lowest BCUT2D eigenvalue weighted by molar-refractivity contribution is 0.0224. The lowest BCUT2D eigenvalue weighted by Gasteiger charge is -2.33. The fraction of sp³-hybridized carbons (Fsp3) is 0.650. The third-order valence-electron chi connectivity index (χ3n) is 4.33. The van der Waals surface area contributed by atoms with Gasteiger partial charge >= 0.3 is 6.09 Å². The molecule has 0 saturated carbocycles. The molecule has 0 radical (unpaired) electrons. The van der Waals surface area contributed by atoms with Gasteiger partial charge in [-0.25, -0.2) is 4.79 Å². The number of carbonyl (C=O) groups excluding carboxylic acids is 1. The molecule has 0 aromatic heterocycles. The Morgan fingerprint density at radius 2 is 1.96 bits per heavy atom. The van der Waals surface area contributed by atoms with Gasteiger partial charge in [-0.2, -0.15) is 0 Å². The quantitative estimate of drug-likeness (QED) is 0.792. The van der Waals surface area contributed by atoms with Crippen molar-refractivity contribution in [3.63, 3.8) is 0 Å². The Bertz CT molecular complexity index is 620. The third kappa shape index (κ3) is 5.28. The zero-order chi connectivity index (χ0) is 18.8. The van der Waals surface area contributed by atoms with Crippen LogP contribution in [0.3, 0.4) is 0 Å². The number of fused-ring (bicyclic) bond motifs is 1. The first-order valence-electron chi connectivity index (χ1n) is 9.21. The van der Waals surface area contributed by atoms with Gasteiger partial charge in [-0.05, 0) is 69.7 Å². The summed E-state index contributed by atoms with van der Waals surface area (Å²) in [4.78, 5) is 14.1. The first kappa shape index (κ1) is 19.4. The number of nitrogens with two attached hydrogens (primary N) is 1. The average Bonchev–Trinajstić information content (AvgIpc) is 2.47. The molecule has 3 N–H and O–H groups in total. The van der Waals surface area contributed by atoms with Crippen molar-refractivity contribution in [1.29, 1.82) is 0 Å². The molecule has 1 aliphatic heterocycles. The number of hydrogen-bond donors (Lipinski definition) is 2. The maximum absolute atomic E-state index is 12.4. The Morgan fingerprint density at radius 3 is 2.56 bits per heavy atom. The van der Waals surface area contributed by atoms with E-state index >= 15 is 0 Å². The lowest BCUT2D eigenvalue weighted by Crippen LogP contribution is -2.40. The molecule has 1 atom stereocenters. The Morgan fingerprint density at radius 1 is 1.28 bits per heavy atom. The number of carbonyl (C=O) groups is 1. The molecule has 1 aromatic carbocycles. The minimum absolute atomic E-state index is 0.274. The SMILES string of the molecule is CC(C)CC(C)Nc1ccc(N)c2c1CCN(C(=O)OC(C)(C)C)C2. The van der Waals surface area contributed by atoms with Crippen molar-refractivity contribution in [2.24, 2.45) is 5.92 Å². The highest BCUT2D eigenvalue weighted by molar-refractivity contribution is 5.71. The number of nitrogens with zero attached hydrogens (tertiary/aromatic N) is 1. The molecule has 0 bridgehead atoms. The van der Waals surface area contributed by atoms with Crippen LogP contribution >= 0.6 is 0 Å². The molecule has 1 amide bonds. The van der Waals surface area contributed by atoms with Crippen molar-refractivity contribution >= 4 is 17.5 Å². The first-order chi connectivity index (χ1) is 11.6. The molecule has 1 unspecified atom stereocenters. The highest BCUT2D eigenvalue weighted by Crippen LogP contribution is 2.32. The van der Waals surface area contributed by atoms with Crippen molar-refractivity contribution < 1.29 is 9.53 Å². The predicted molar refractivity (Wildman–Crippen MR) is 104 cm³/mol. The molecule has 5 nitrogen and oxygen atoms in total. The molecule has 1 aliphatic rings. The van der Waals surface area contributed by atoms with E-state index < -0.39 is 5.60 Å². The number of anilines is 2. The molecule has 0 spiro atoms. The van der Waals surface area contributed by atoms with Crippen LogP contribution in [0.25, 0.3) is 0 Å². The number of rotatable bonds is 4. The summed E-state index contributed by atoms with van der Waals surface area (Å²) in [5.74, 6) is 0.648. The van der Waals surface area contributed by atoms with Crippen molar-refractivity contribution in [2.45, 2.75) is 72.6 Å². The second kappa shape index (κ2) is 7.54. The summed E-state index contributed by atoms with van der Waals surface area (Å²) in [6.45, 7) is 13.5. The van der Waals surface area contributed by atoms with Gasteiger partial charge in [0, 0.05) is 24.0 Å². The van der Waals surface area contributed by atoms with E-state index in [1.807, 2.05) is 26.8 Å². The van der Waals surface area contributed by atoms with E-state index in [0.29, 0.717) is 25.0 Å². The summed E-state index contributed by atoms with van der Waals surface area (Å²) in [5.41, 5.74) is 9.87. The van der Waals surface area contributed by atoms with E-state index in [2.05, 4.69) is 32.2 Å². The van der Waals surface area contributed by atoms with Crippen molar-refractivity contribution in [2.75, 3.05) is 17.6 Å². The molecular formula is C20H33N3O2. The van der Waals surface area contributed by atoms with Crippen molar-refractivity contribution in [3.05, 3.63) is 23.3 Å².